The van der Waals surface area contributed by atoms with E-state index in [0.717, 1.165) is 4.90 Å². The number of anilines is 2. The van der Waals surface area contributed by atoms with Crippen LogP contribution >= 0.6 is 0 Å². The van der Waals surface area contributed by atoms with Crippen molar-refractivity contribution < 1.29 is 23.5 Å². The van der Waals surface area contributed by atoms with Crippen molar-refractivity contribution >= 4 is 29.2 Å². The Hall–Kier alpha value is -3.26. The van der Waals surface area contributed by atoms with Gasteiger partial charge in [0.15, 0.2) is 0 Å². The van der Waals surface area contributed by atoms with Crippen LogP contribution in [0.5, 0.6) is 0 Å². The standard InChI is InChI=1S/C21H22FN3O4/c1-29-13-5-12-24-18(14-19(26)23-16-10-8-15(22)9-11-16)20(27)25(21(24)28)17-6-3-2-4-7-17/h2-4,6-11,18H,5,12-14H2,1H3,(H,23,26)/t18-/m0/s1. The molecule has 1 heterocycles. The van der Waals surface area contributed by atoms with Crippen LogP contribution in [0.4, 0.5) is 20.6 Å². The maximum absolute atomic E-state index is 13.0. The van der Waals surface area contributed by atoms with Crippen LogP contribution in [0.15, 0.2) is 54.6 Å². The largest absolute Gasteiger partial charge is 0.385 e. The summed E-state index contributed by atoms with van der Waals surface area (Å²) in [5, 5.41) is 2.63. The molecule has 1 atom stereocenters. The van der Waals surface area contributed by atoms with Gasteiger partial charge in [0.25, 0.3) is 5.91 Å². The molecule has 0 bridgehead atoms. The number of halogens is 1. The number of hydrogen-bond donors (Lipinski definition) is 1. The van der Waals surface area contributed by atoms with E-state index in [1.54, 1.807) is 37.4 Å². The SMILES string of the molecule is COCCCN1C(=O)N(c2ccccc2)C(=O)[C@@H]1CC(=O)Nc1ccc(F)cc1. The van der Waals surface area contributed by atoms with Gasteiger partial charge in [0.2, 0.25) is 5.91 Å². The van der Waals surface area contributed by atoms with E-state index in [0.29, 0.717) is 24.4 Å². The molecular formula is C21H22FN3O4. The number of urea groups is 1. The molecule has 1 aliphatic rings. The Morgan fingerprint density at radius 1 is 1.10 bits per heavy atom. The zero-order chi connectivity index (χ0) is 20.8. The second kappa shape index (κ2) is 9.29. The van der Waals surface area contributed by atoms with Crippen LogP contribution in [0.3, 0.4) is 0 Å². The fourth-order valence-electron chi connectivity index (χ4n) is 3.20. The molecular weight excluding hydrogens is 377 g/mol. The van der Waals surface area contributed by atoms with Gasteiger partial charge in [0.1, 0.15) is 11.9 Å². The molecule has 8 heteroatoms. The number of nitrogens with one attached hydrogen (secondary N) is 1. The lowest BCUT2D eigenvalue weighted by molar-refractivity contribution is -0.124. The minimum absolute atomic E-state index is 0.196. The highest BCUT2D eigenvalue weighted by molar-refractivity contribution is 6.22. The number of para-hydroxylation sites is 1. The van der Waals surface area contributed by atoms with Crippen molar-refractivity contribution in [1.29, 1.82) is 0 Å². The van der Waals surface area contributed by atoms with E-state index in [9.17, 15) is 18.8 Å². The molecule has 7 nitrogen and oxygen atoms in total. The fourth-order valence-corrected chi connectivity index (χ4v) is 3.20. The number of nitrogens with zero attached hydrogens (tertiary/aromatic N) is 2. The molecule has 4 amide bonds. The zero-order valence-electron chi connectivity index (χ0n) is 16.0. The molecule has 152 valence electrons. The summed E-state index contributed by atoms with van der Waals surface area (Å²) in [6.45, 7) is 0.716. The topological polar surface area (TPSA) is 79.0 Å². The summed E-state index contributed by atoms with van der Waals surface area (Å²) in [5.74, 6) is -1.30. The predicted octanol–water partition coefficient (Wildman–Crippen LogP) is 3.03. The van der Waals surface area contributed by atoms with Gasteiger partial charge in [-0.15, -0.1) is 0 Å². The van der Waals surface area contributed by atoms with Crippen molar-refractivity contribution in [2.24, 2.45) is 0 Å². The molecule has 0 saturated carbocycles. The van der Waals surface area contributed by atoms with Gasteiger partial charge in [0, 0.05) is 25.9 Å². The average Bonchev–Trinajstić information content (AvgIpc) is 2.94. The smallest absolute Gasteiger partial charge is 0.332 e. The lowest BCUT2D eigenvalue weighted by atomic mass is 10.1. The molecule has 3 rings (SSSR count). The highest BCUT2D eigenvalue weighted by Gasteiger charge is 2.46. The van der Waals surface area contributed by atoms with E-state index in [1.165, 1.54) is 29.2 Å². The van der Waals surface area contributed by atoms with Gasteiger partial charge in [-0.3, -0.25) is 9.59 Å². The van der Waals surface area contributed by atoms with E-state index in [-0.39, 0.29) is 13.0 Å². The first kappa shape index (κ1) is 20.5. The summed E-state index contributed by atoms with van der Waals surface area (Å²) in [6, 6.07) is 12.5. The van der Waals surface area contributed by atoms with Gasteiger partial charge in [-0.25, -0.2) is 14.1 Å². The number of carbonyl (C=O) groups is 3. The van der Waals surface area contributed by atoms with Gasteiger partial charge in [0.05, 0.1) is 12.1 Å². The summed E-state index contributed by atoms with van der Waals surface area (Å²) in [6.07, 6.45) is 0.340. The molecule has 1 aliphatic heterocycles. The Bertz CT molecular complexity index is 873. The van der Waals surface area contributed by atoms with Crippen LogP contribution in [-0.4, -0.2) is 49.0 Å². The third kappa shape index (κ3) is 4.78. The molecule has 29 heavy (non-hydrogen) atoms. The number of ether oxygens (including phenoxy) is 1. The highest BCUT2D eigenvalue weighted by atomic mass is 19.1. The van der Waals surface area contributed by atoms with Gasteiger partial charge in [-0.05, 0) is 42.8 Å². The first-order valence-corrected chi connectivity index (χ1v) is 9.25. The maximum atomic E-state index is 13.0. The summed E-state index contributed by atoms with van der Waals surface area (Å²) >= 11 is 0. The van der Waals surface area contributed by atoms with Gasteiger partial charge in [-0.2, -0.15) is 0 Å². The summed E-state index contributed by atoms with van der Waals surface area (Å²) in [4.78, 5) is 40.9. The third-order valence-corrected chi connectivity index (χ3v) is 4.59. The molecule has 0 aliphatic carbocycles. The number of amides is 4. The van der Waals surface area contributed by atoms with Gasteiger partial charge < -0.3 is 15.0 Å². The molecule has 1 fully saturated rings. The highest BCUT2D eigenvalue weighted by Crippen LogP contribution is 2.27. The molecule has 2 aromatic carbocycles. The number of benzene rings is 2. The first-order chi connectivity index (χ1) is 14.0. The second-order valence-corrected chi connectivity index (χ2v) is 6.61. The second-order valence-electron chi connectivity index (χ2n) is 6.61. The zero-order valence-corrected chi connectivity index (χ0v) is 16.0. The Kier molecular flexibility index (Phi) is 6.56. The number of methoxy groups -OCH3 is 1. The molecule has 1 N–H and O–H groups in total. The van der Waals surface area contributed by atoms with Crippen molar-refractivity contribution in [3.63, 3.8) is 0 Å². The lowest BCUT2D eigenvalue weighted by Crippen LogP contribution is -2.38. The molecule has 0 unspecified atom stereocenters. The van der Waals surface area contributed by atoms with Crippen LogP contribution in [0.2, 0.25) is 0 Å². The van der Waals surface area contributed by atoms with Crippen molar-refractivity contribution in [1.82, 2.24) is 4.90 Å². The van der Waals surface area contributed by atoms with Gasteiger partial charge in [-0.1, -0.05) is 18.2 Å². The number of imide groups is 1. The quantitative estimate of drug-likeness (QED) is 0.547. The molecule has 0 radical (unpaired) electrons. The van der Waals surface area contributed by atoms with E-state index in [2.05, 4.69) is 5.32 Å². The van der Waals surface area contributed by atoms with Gasteiger partial charge >= 0.3 is 6.03 Å². The number of hydrogen-bond acceptors (Lipinski definition) is 4. The van der Waals surface area contributed by atoms with Crippen LogP contribution in [0.25, 0.3) is 0 Å². The van der Waals surface area contributed by atoms with Crippen LogP contribution < -0.4 is 10.2 Å². The third-order valence-electron chi connectivity index (χ3n) is 4.59. The van der Waals surface area contributed by atoms with Crippen molar-refractivity contribution in [2.45, 2.75) is 18.9 Å². The van der Waals surface area contributed by atoms with Crippen molar-refractivity contribution in [3.05, 3.63) is 60.4 Å². The summed E-state index contributed by atoms with van der Waals surface area (Å²) < 4.78 is 18.1. The van der Waals surface area contributed by atoms with Crippen molar-refractivity contribution in [2.75, 3.05) is 30.5 Å². The maximum Gasteiger partial charge on any atom is 0.332 e. The van der Waals surface area contributed by atoms with Crippen LogP contribution in [-0.2, 0) is 14.3 Å². The van der Waals surface area contributed by atoms with E-state index >= 15 is 0 Å². The Labute approximate surface area is 168 Å². The number of carbonyl (C=O) groups excluding carboxylic acids is 3. The summed E-state index contributed by atoms with van der Waals surface area (Å²) in [7, 11) is 1.56. The van der Waals surface area contributed by atoms with E-state index < -0.39 is 29.7 Å². The molecule has 0 aromatic heterocycles. The first-order valence-electron chi connectivity index (χ1n) is 9.25. The van der Waals surface area contributed by atoms with Crippen LogP contribution in [0.1, 0.15) is 12.8 Å². The summed E-state index contributed by atoms with van der Waals surface area (Å²) in [5.41, 5.74) is 0.875. The van der Waals surface area contributed by atoms with Crippen molar-refractivity contribution in [3.8, 4) is 0 Å². The Balaban J connectivity index is 1.77. The van der Waals surface area contributed by atoms with E-state index in [1.807, 2.05) is 0 Å². The minimum atomic E-state index is -0.917. The predicted molar refractivity (Wildman–Crippen MR) is 106 cm³/mol. The normalized spacial score (nSPS) is 16.4. The van der Waals surface area contributed by atoms with E-state index in [4.69, 9.17) is 4.74 Å². The van der Waals surface area contributed by atoms with Crippen LogP contribution in [0, 0.1) is 5.82 Å². The molecule has 0 spiro atoms. The lowest BCUT2D eigenvalue weighted by Gasteiger charge is -2.21. The fraction of sp³-hybridized carbons (Fsp3) is 0.286. The number of rotatable bonds is 8. The molecule has 1 saturated heterocycles. The Morgan fingerprint density at radius 2 is 1.79 bits per heavy atom. The Morgan fingerprint density at radius 3 is 2.45 bits per heavy atom. The average molecular weight is 399 g/mol. The monoisotopic (exact) mass is 399 g/mol. The minimum Gasteiger partial charge on any atom is -0.385 e. The molecule has 2 aromatic rings.